The fourth-order valence-corrected chi connectivity index (χ4v) is 1.69. The molecule has 0 fully saturated rings. The molecule has 1 atom stereocenters. The van der Waals surface area contributed by atoms with Crippen molar-refractivity contribution >= 4 is 0 Å². The lowest BCUT2D eigenvalue weighted by atomic mass is 10.1. The van der Waals surface area contributed by atoms with Crippen LogP contribution in [0.1, 0.15) is 59.3 Å². The van der Waals surface area contributed by atoms with Crippen molar-refractivity contribution in [1.82, 2.24) is 0 Å². The average molecular weight is 232 g/mol. The largest absolute Gasteiger partial charge is 0.393 e. The van der Waals surface area contributed by atoms with Crippen molar-refractivity contribution in [1.29, 1.82) is 0 Å². The first-order valence-corrected chi connectivity index (χ1v) is 6.62. The lowest BCUT2D eigenvalue weighted by Gasteiger charge is -2.16. The molecule has 0 radical (unpaired) electrons. The molecule has 0 saturated heterocycles. The van der Waals surface area contributed by atoms with Gasteiger partial charge in [0, 0.05) is 13.2 Å². The van der Waals surface area contributed by atoms with E-state index in [2.05, 4.69) is 0 Å². The molecule has 3 heteroatoms. The second kappa shape index (κ2) is 11.4. The molecule has 0 aromatic heterocycles. The summed E-state index contributed by atoms with van der Waals surface area (Å²) >= 11 is 0. The van der Waals surface area contributed by atoms with Crippen LogP contribution in [0.3, 0.4) is 0 Å². The van der Waals surface area contributed by atoms with Crippen LogP contribution in [0.5, 0.6) is 0 Å². The first-order valence-electron chi connectivity index (χ1n) is 6.62. The molecule has 0 rings (SSSR count). The van der Waals surface area contributed by atoms with E-state index in [1.54, 1.807) is 0 Å². The quantitative estimate of drug-likeness (QED) is 0.439. The summed E-state index contributed by atoms with van der Waals surface area (Å²) in [5, 5.41) is 9.10. The molecule has 0 spiro atoms. The summed E-state index contributed by atoms with van der Waals surface area (Å²) in [5.74, 6) is 0. The average Bonchev–Trinajstić information content (AvgIpc) is 2.23. The van der Waals surface area contributed by atoms with Crippen LogP contribution in [0.25, 0.3) is 0 Å². The molecule has 0 heterocycles. The molecule has 0 aliphatic rings. The highest BCUT2D eigenvalue weighted by molar-refractivity contribution is 4.51. The van der Waals surface area contributed by atoms with E-state index in [-0.39, 0.29) is 12.4 Å². The monoisotopic (exact) mass is 232 g/mol. The normalized spacial score (nSPS) is 13.3. The number of ether oxygens (including phenoxy) is 2. The van der Waals surface area contributed by atoms with E-state index in [0.717, 1.165) is 25.7 Å². The van der Waals surface area contributed by atoms with Gasteiger partial charge < -0.3 is 14.6 Å². The Morgan fingerprint density at radius 2 is 1.38 bits per heavy atom. The first-order chi connectivity index (χ1) is 7.70. The molecule has 0 aromatic carbocycles. The van der Waals surface area contributed by atoms with Gasteiger partial charge in [-0.3, -0.25) is 0 Å². The predicted molar refractivity (Wildman–Crippen MR) is 66.4 cm³/mol. The number of hydrogen-bond acceptors (Lipinski definition) is 3. The SMILES string of the molecule is CCOC(CCCCCCC(C)O)OCC. The van der Waals surface area contributed by atoms with Gasteiger partial charge >= 0.3 is 0 Å². The summed E-state index contributed by atoms with van der Waals surface area (Å²) in [6.45, 7) is 7.27. The molecule has 3 nitrogen and oxygen atoms in total. The Morgan fingerprint density at radius 3 is 1.81 bits per heavy atom. The molecule has 0 aromatic rings. The highest BCUT2D eigenvalue weighted by atomic mass is 16.7. The fraction of sp³-hybridized carbons (Fsp3) is 1.00. The summed E-state index contributed by atoms with van der Waals surface area (Å²) < 4.78 is 10.9. The van der Waals surface area contributed by atoms with Gasteiger partial charge in [0.15, 0.2) is 6.29 Å². The minimum Gasteiger partial charge on any atom is -0.393 e. The predicted octanol–water partition coefficient (Wildman–Crippen LogP) is 3.11. The number of aliphatic hydroxyl groups is 1. The number of hydrogen-bond donors (Lipinski definition) is 1. The molecule has 0 bridgehead atoms. The van der Waals surface area contributed by atoms with E-state index >= 15 is 0 Å². The third-order valence-electron chi connectivity index (χ3n) is 2.52. The Kier molecular flexibility index (Phi) is 11.3. The van der Waals surface area contributed by atoms with Gasteiger partial charge in [-0.1, -0.05) is 19.3 Å². The minimum atomic E-state index is -0.153. The number of aliphatic hydroxyl groups excluding tert-OH is 1. The lowest BCUT2D eigenvalue weighted by Crippen LogP contribution is -2.17. The van der Waals surface area contributed by atoms with Crippen LogP contribution in [-0.4, -0.2) is 30.7 Å². The topological polar surface area (TPSA) is 38.7 Å². The summed E-state index contributed by atoms with van der Waals surface area (Å²) in [6, 6.07) is 0. The van der Waals surface area contributed by atoms with E-state index in [0.29, 0.717) is 13.2 Å². The standard InChI is InChI=1S/C13H28O3/c1-4-15-13(16-5-2)11-9-7-6-8-10-12(3)14/h12-14H,4-11H2,1-3H3. The van der Waals surface area contributed by atoms with E-state index < -0.39 is 0 Å². The third-order valence-corrected chi connectivity index (χ3v) is 2.52. The fourth-order valence-electron chi connectivity index (χ4n) is 1.69. The molecule has 1 N–H and O–H groups in total. The Bertz CT molecular complexity index is 131. The molecule has 0 saturated carbocycles. The van der Waals surface area contributed by atoms with Crippen molar-refractivity contribution in [2.24, 2.45) is 0 Å². The zero-order valence-corrected chi connectivity index (χ0v) is 11.1. The molecule has 1 unspecified atom stereocenters. The summed E-state index contributed by atoms with van der Waals surface area (Å²) in [4.78, 5) is 0. The van der Waals surface area contributed by atoms with Gasteiger partial charge in [-0.15, -0.1) is 0 Å². The Morgan fingerprint density at radius 1 is 0.875 bits per heavy atom. The van der Waals surface area contributed by atoms with Crippen molar-refractivity contribution < 1.29 is 14.6 Å². The molecule has 98 valence electrons. The molecule has 0 aliphatic carbocycles. The number of rotatable bonds is 11. The van der Waals surface area contributed by atoms with Gasteiger partial charge in [-0.2, -0.15) is 0 Å². The lowest BCUT2D eigenvalue weighted by molar-refractivity contribution is -0.140. The van der Waals surface area contributed by atoms with E-state index in [1.807, 2.05) is 20.8 Å². The Balaban J connectivity index is 3.32. The maximum atomic E-state index is 9.10. The van der Waals surface area contributed by atoms with Crippen molar-refractivity contribution in [3.8, 4) is 0 Å². The minimum absolute atomic E-state index is 0.0215. The molecule has 16 heavy (non-hydrogen) atoms. The van der Waals surface area contributed by atoms with Crippen molar-refractivity contribution in [3.05, 3.63) is 0 Å². The smallest absolute Gasteiger partial charge is 0.157 e. The van der Waals surface area contributed by atoms with Gasteiger partial charge in [-0.25, -0.2) is 0 Å². The zero-order valence-electron chi connectivity index (χ0n) is 11.1. The van der Waals surface area contributed by atoms with Crippen LogP contribution < -0.4 is 0 Å². The van der Waals surface area contributed by atoms with Crippen LogP contribution in [0, 0.1) is 0 Å². The van der Waals surface area contributed by atoms with Crippen LogP contribution in [0.4, 0.5) is 0 Å². The van der Waals surface area contributed by atoms with Crippen molar-refractivity contribution in [2.75, 3.05) is 13.2 Å². The second-order valence-electron chi connectivity index (χ2n) is 4.18. The highest BCUT2D eigenvalue weighted by Crippen LogP contribution is 2.11. The van der Waals surface area contributed by atoms with Gasteiger partial charge in [0.25, 0.3) is 0 Å². The summed E-state index contributed by atoms with van der Waals surface area (Å²) in [6.07, 6.45) is 6.37. The third kappa shape index (κ3) is 10.4. The van der Waals surface area contributed by atoms with Gasteiger partial charge in [0.2, 0.25) is 0 Å². The maximum Gasteiger partial charge on any atom is 0.157 e. The molecule has 0 aliphatic heterocycles. The van der Waals surface area contributed by atoms with Crippen LogP contribution in [0.15, 0.2) is 0 Å². The highest BCUT2D eigenvalue weighted by Gasteiger charge is 2.06. The van der Waals surface area contributed by atoms with Gasteiger partial charge in [0.1, 0.15) is 0 Å². The van der Waals surface area contributed by atoms with Crippen LogP contribution in [0.2, 0.25) is 0 Å². The Hall–Kier alpha value is -0.120. The van der Waals surface area contributed by atoms with E-state index in [4.69, 9.17) is 14.6 Å². The van der Waals surface area contributed by atoms with Gasteiger partial charge in [-0.05, 0) is 40.0 Å². The summed E-state index contributed by atoms with van der Waals surface area (Å²) in [5.41, 5.74) is 0. The van der Waals surface area contributed by atoms with Crippen LogP contribution in [-0.2, 0) is 9.47 Å². The number of unbranched alkanes of at least 4 members (excludes halogenated alkanes) is 3. The van der Waals surface area contributed by atoms with Crippen LogP contribution >= 0.6 is 0 Å². The zero-order chi connectivity index (χ0) is 12.2. The van der Waals surface area contributed by atoms with Crippen molar-refractivity contribution in [2.45, 2.75) is 71.7 Å². The summed E-state index contributed by atoms with van der Waals surface area (Å²) in [7, 11) is 0. The van der Waals surface area contributed by atoms with Gasteiger partial charge in [0.05, 0.1) is 6.10 Å². The maximum absolute atomic E-state index is 9.10. The molecular weight excluding hydrogens is 204 g/mol. The molecular formula is C13H28O3. The van der Waals surface area contributed by atoms with E-state index in [9.17, 15) is 0 Å². The second-order valence-corrected chi connectivity index (χ2v) is 4.18. The molecule has 0 amide bonds. The van der Waals surface area contributed by atoms with Crippen molar-refractivity contribution in [3.63, 3.8) is 0 Å². The van der Waals surface area contributed by atoms with E-state index in [1.165, 1.54) is 12.8 Å². The Labute approximate surface area is 100 Å². The first kappa shape index (κ1) is 15.9.